The van der Waals surface area contributed by atoms with Crippen molar-refractivity contribution in [1.82, 2.24) is 5.32 Å². The number of urea groups is 1. The lowest BCUT2D eigenvalue weighted by Gasteiger charge is -2.36. The van der Waals surface area contributed by atoms with Crippen LogP contribution >= 0.6 is 15.9 Å². The van der Waals surface area contributed by atoms with Gasteiger partial charge in [0, 0.05) is 10.2 Å². The molecule has 5 nitrogen and oxygen atoms in total. The minimum absolute atomic E-state index is 0.468. The highest BCUT2D eigenvalue weighted by molar-refractivity contribution is 9.10. The molecule has 0 radical (unpaired) electrons. The molecule has 1 aromatic carbocycles. The standard InChI is InChI=1S/C15H19BrN2O3/c1-10-5-7-15(8-6-10,13(19)20)18-14(21)17-12-4-2-3-11(16)9-12/h2-4,9-10H,5-8H2,1H3,(H,19,20)(H2,17,18,21). The smallest absolute Gasteiger partial charge is 0.329 e. The van der Waals surface area contributed by atoms with Crippen LogP contribution in [0.3, 0.4) is 0 Å². The van der Waals surface area contributed by atoms with Crippen molar-refractivity contribution < 1.29 is 14.7 Å². The highest BCUT2D eigenvalue weighted by Crippen LogP contribution is 2.32. The van der Waals surface area contributed by atoms with E-state index in [9.17, 15) is 14.7 Å². The molecule has 0 unspecified atom stereocenters. The van der Waals surface area contributed by atoms with Crippen LogP contribution in [-0.4, -0.2) is 22.6 Å². The predicted octanol–water partition coefficient (Wildman–Crippen LogP) is 3.60. The molecule has 0 bridgehead atoms. The maximum Gasteiger partial charge on any atom is 0.329 e. The molecule has 0 aliphatic heterocycles. The molecule has 0 saturated heterocycles. The van der Waals surface area contributed by atoms with Crippen molar-refractivity contribution in [3.63, 3.8) is 0 Å². The molecule has 3 N–H and O–H groups in total. The molecular weight excluding hydrogens is 336 g/mol. The van der Waals surface area contributed by atoms with Crippen LogP contribution in [0, 0.1) is 5.92 Å². The van der Waals surface area contributed by atoms with Gasteiger partial charge in [-0.15, -0.1) is 0 Å². The summed E-state index contributed by atoms with van der Waals surface area (Å²) in [6, 6.07) is 6.68. The summed E-state index contributed by atoms with van der Waals surface area (Å²) in [6.07, 6.45) is 2.55. The van der Waals surface area contributed by atoms with Crippen molar-refractivity contribution in [1.29, 1.82) is 0 Å². The Bertz CT molecular complexity index is 539. The summed E-state index contributed by atoms with van der Waals surface area (Å²) in [6.45, 7) is 2.10. The number of anilines is 1. The van der Waals surface area contributed by atoms with E-state index in [0.717, 1.165) is 17.3 Å². The lowest BCUT2D eigenvalue weighted by Crippen LogP contribution is -2.57. The minimum Gasteiger partial charge on any atom is -0.480 e. The van der Waals surface area contributed by atoms with Crippen LogP contribution in [0.15, 0.2) is 28.7 Å². The molecule has 114 valence electrons. The van der Waals surface area contributed by atoms with Crippen LogP contribution in [0.1, 0.15) is 32.6 Å². The number of nitrogens with one attached hydrogen (secondary N) is 2. The van der Waals surface area contributed by atoms with Crippen LogP contribution < -0.4 is 10.6 Å². The second kappa shape index (κ2) is 6.47. The average molecular weight is 355 g/mol. The molecule has 1 aromatic rings. The summed E-state index contributed by atoms with van der Waals surface area (Å²) in [5, 5.41) is 14.8. The second-order valence-corrected chi connectivity index (χ2v) is 6.57. The molecule has 6 heteroatoms. The SMILES string of the molecule is CC1CCC(NC(=O)Nc2cccc(Br)c2)(C(=O)O)CC1. The van der Waals surface area contributed by atoms with Gasteiger partial charge in [-0.1, -0.05) is 28.9 Å². The van der Waals surface area contributed by atoms with Gasteiger partial charge in [-0.2, -0.15) is 0 Å². The normalized spacial score (nSPS) is 25.1. The summed E-state index contributed by atoms with van der Waals surface area (Å²) in [7, 11) is 0. The van der Waals surface area contributed by atoms with Gasteiger partial charge in [0.05, 0.1) is 0 Å². The minimum atomic E-state index is -1.15. The topological polar surface area (TPSA) is 78.4 Å². The summed E-state index contributed by atoms with van der Waals surface area (Å²) in [5.41, 5.74) is -0.533. The molecule has 0 atom stereocenters. The molecule has 1 aliphatic carbocycles. The number of amides is 2. The van der Waals surface area contributed by atoms with E-state index in [0.29, 0.717) is 24.4 Å². The number of benzene rings is 1. The first-order chi connectivity index (χ1) is 9.91. The van der Waals surface area contributed by atoms with Crippen molar-refractivity contribution in [2.24, 2.45) is 5.92 Å². The molecule has 0 heterocycles. The van der Waals surface area contributed by atoms with Gasteiger partial charge in [-0.05, 0) is 49.8 Å². The van der Waals surface area contributed by atoms with E-state index in [-0.39, 0.29) is 0 Å². The molecule has 1 aliphatic rings. The zero-order valence-electron chi connectivity index (χ0n) is 11.9. The van der Waals surface area contributed by atoms with E-state index in [1.165, 1.54) is 0 Å². The van der Waals surface area contributed by atoms with E-state index < -0.39 is 17.5 Å². The van der Waals surface area contributed by atoms with Gasteiger partial charge in [0.25, 0.3) is 0 Å². The first-order valence-corrected chi connectivity index (χ1v) is 7.79. The monoisotopic (exact) mass is 354 g/mol. The average Bonchev–Trinajstić information content (AvgIpc) is 2.41. The van der Waals surface area contributed by atoms with Crippen LogP contribution in [0.2, 0.25) is 0 Å². The molecule has 21 heavy (non-hydrogen) atoms. The molecular formula is C15H19BrN2O3. The quantitative estimate of drug-likeness (QED) is 0.775. The summed E-state index contributed by atoms with van der Waals surface area (Å²) in [5.74, 6) is -0.453. The van der Waals surface area contributed by atoms with Crippen molar-refractivity contribution in [3.05, 3.63) is 28.7 Å². The van der Waals surface area contributed by atoms with E-state index in [1.807, 2.05) is 6.07 Å². The zero-order valence-corrected chi connectivity index (χ0v) is 13.4. The Balaban J connectivity index is 2.04. The van der Waals surface area contributed by atoms with Gasteiger partial charge >= 0.3 is 12.0 Å². The third-order valence-electron chi connectivity index (χ3n) is 3.97. The molecule has 0 aromatic heterocycles. The van der Waals surface area contributed by atoms with E-state index >= 15 is 0 Å². The number of rotatable bonds is 3. The summed E-state index contributed by atoms with van der Waals surface area (Å²) >= 11 is 3.33. The highest BCUT2D eigenvalue weighted by Gasteiger charge is 2.42. The fraction of sp³-hybridized carbons (Fsp3) is 0.467. The Hall–Kier alpha value is -1.56. The third kappa shape index (κ3) is 3.97. The van der Waals surface area contributed by atoms with Gasteiger partial charge < -0.3 is 15.7 Å². The number of hydrogen-bond donors (Lipinski definition) is 3. The largest absolute Gasteiger partial charge is 0.480 e. The van der Waals surface area contributed by atoms with Crippen LogP contribution in [-0.2, 0) is 4.79 Å². The summed E-state index contributed by atoms with van der Waals surface area (Å²) in [4.78, 5) is 23.7. The number of carboxylic acids is 1. The molecule has 2 rings (SSSR count). The summed E-state index contributed by atoms with van der Waals surface area (Å²) < 4.78 is 0.847. The third-order valence-corrected chi connectivity index (χ3v) is 4.47. The molecule has 1 saturated carbocycles. The van der Waals surface area contributed by atoms with Crippen molar-refractivity contribution in [2.45, 2.75) is 38.1 Å². The van der Waals surface area contributed by atoms with Crippen LogP contribution in [0.4, 0.5) is 10.5 Å². The number of carbonyl (C=O) groups excluding carboxylic acids is 1. The Morgan fingerprint density at radius 2 is 2.00 bits per heavy atom. The lowest BCUT2D eigenvalue weighted by atomic mass is 9.77. The Labute approximate surface area is 132 Å². The zero-order chi connectivity index (χ0) is 15.5. The first-order valence-electron chi connectivity index (χ1n) is 6.99. The number of hydrogen-bond acceptors (Lipinski definition) is 2. The van der Waals surface area contributed by atoms with Gasteiger partial charge in [0.2, 0.25) is 0 Å². The highest BCUT2D eigenvalue weighted by atomic mass is 79.9. The maximum absolute atomic E-state index is 12.1. The van der Waals surface area contributed by atoms with Crippen molar-refractivity contribution >= 4 is 33.6 Å². The fourth-order valence-corrected chi connectivity index (χ4v) is 2.99. The Kier molecular flexibility index (Phi) is 4.88. The van der Waals surface area contributed by atoms with E-state index in [1.54, 1.807) is 18.2 Å². The first kappa shape index (κ1) is 15.8. The van der Waals surface area contributed by atoms with Crippen molar-refractivity contribution in [2.75, 3.05) is 5.32 Å². The van der Waals surface area contributed by atoms with E-state index in [2.05, 4.69) is 33.5 Å². The van der Waals surface area contributed by atoms with Gasteiger partial charge in [-0.25, -0.2) is 9.59 Å². The van der Waals surface area contributed by atoms with Crippen LogP contribution in [0.5, 0.6) is 0 Å². The van der Waals surface area contributed by atoms with Gasteiger partial charge in [0.1, 0.15) is 5.54 Å². The van der Waals surface area contributed by atoms with Crippen molar-refractivity contribution in [3.8, 4) is 0 Å². The second-order valence-electron chi connectivity index (χ2n) is 5.66. The van der Waals surface area contributed by atoms with E-state index in [4.69, 9.17) is 0 Å². The van der Waals surface area contributed by atoms with Gasteiger partial charge in [-0.3, -0.25) is 0 Å². The van der Waals surface area contributed by atoms with Crippen LogP contribution in [0.25, 0.3) is 0 Å². The number of carbonyl (C=O) groups is 2. The predicted molar refractivity (Wildman–Crippen MR) is 84.3 cm³/mol. The number of aliphatic carboxylic acids is 1. The number of halogens is 1. The lowest BCUT2D eigenvalue weighted by molar-refractivity contribution is -0.146. The Morgan fingerprint density at radius 3 is 2.57 bits per heavy atom. The molecule has 0 spiro atoms. The molecule has 2 amide bonds. The van der Waals surface area contributed by atoms with Gasteiger partial charge in [0.15, 0.2) is 0 Å². The fourth-order valence-electron chi connectivity index (χ4n) is 2.59. The molecule has 1 fully saturated rings. The maximum atomic E-state index is 12.1. The Morgan fingerprint density at radius 1 is 1.33 bits per heavy atom. The number of carboxylic acid groups (broad SMARTS) is 1.